The van der Waals surface area contributed by atoms with Crippen LogP contribution >= 0.6 is 0 Å². The van der Waals surface area contributed by atoms with E-state index in [-0.39, 0.29) is 38.6 Å². The van der Waals surface area contributed by atoms with Gasteiger partial charge in [-0.25, -0.2) is 0 Å². The number of hydrogen-bond donors (Lipinski definition) is 0. The van der Waals surface area contributed by atoms with Crippen LogP contribution in [0.1, 0.15) is 284 Å². The highest BCUT2D eigenvalue weighted by atomic mass is 16.7. The zero-order valence-corrected chi connectivity index (χ0v) is 58.9. The Hall–Kier alpha value is -5.09. The number of likely N-dealkylation sites (N-methyl/N-ethyl adjacent to an activating group) is 1. The van der Waals surface area contributed by atoms with Gasteiger partial charge in [0.25, 0.3) is 0 Å². The molecule has 0 N–H and O–H groups in total. The lowest BCUT2D eigenvalue weighted by molar-refractivity contribution is -0.870. The van der Waals surface area contributed by atoms with E-state index in [1.165, 1.54) is 116 Å². The van der Waals surface area contributed by atoms with Crippen molar-refractivity contribution in [3.05, 3.63) is 158 Å². The molecule has 0 aromatic rings. The quantitative estimate of drug-likeness (QED) is 0.0195. The molecule has 0 aliphatic carbocycles. The summed E-state index contributed by atoms with van der Waals surface area (Å²) in [4.78, 5) is 37.5. The predicted octanol–water partition coefficient (Wildman–Crippen LogP) is 21.9. The average Bonchev–Trinajstić information content (AvgIpc) is 3.50. The van der Waals surface area contributed by atoms with Crippen LogP contribution in [0.15, 0.2) is 158 Å². The summed E-state index contributed by atoms with van der Waals surface area (Å²) in [5.41, 5.74) is 0. The molecular weight excluding hydrogens is 1130 g/mol. The summed E-state index contributed by atoms with van der Waals surface area (Å²) in [5.74, 6) is -2.29. The number of carbonyl (C=O) groups is 3. The van der Waals surface area contributed by atoms with Crippen LogP contribution in [0, 0.1) is 0 Å². The maximum Gasteiger partial charge on any atom is 0.306 e. The van der Waals surface area contributed by atoms with Gasteiger partial charge in [0.1, 0.15) is 13.2 Å². The van der Waals surface area contributed by atoms with Crippen molar-refractivity contribution in [1.29, 1.82) is 0 Å². The summed E-state index contributed by atoms with van der Waals surface area (Å²) in [6, 6.07) is 0. The van der Waals surface area contributed by atoms with Gasteiger partial charge in [-0.3, -0.25) is 9.59 Å². The van der Waals surface area contributed by atoms with Crippen molar-refractivity contribution >= 4 is 17.9 Å². The molecule has 0 radical (unpaired) electrons. The summed E-state index contributed by atoms with van der Waals surface area (Å²) < 4.78 is 22.8. The van der Waals surface area contributed by atoms with Gasteiger partial charge in [-0.15, -0.1) is 0 Å². The number of allylic oxidation sites excluding steroid dienone is 26. The zero-order valence-electron chi connectivity index (χ0n) is 58.9. The van der Waals surface area contributed by atoms with E-state index >= 15 is 0 Å². The van der Waals surface area contributed by atoms with Crippen LogP contribution in [0.4, 0.5) is 0 Å². The Morgan fingerprint density at radius 2 is 0.593 bits per heavy atom. The molecule has 0 saturated heterocycles. The fourth-order valence-corrected chi connectivity index (χ4v) is 9.76. The van der Waals surface area contributed by atoms with E-state index < -0.39 is 24.3 Å². The van der Waals surface area contributed by atoms with E-state index in [0.717, 1.165) is 135 Å². The second-order valence-electron chi connectivity index (χ2n) is 25.1. The third kappa shape index (κ3) is 72.2. The van der Waals surface area contributed by atoms with Crippen molar-refractivity contribution in [3.8, 4) is 0 Å². The van der Waals surface area contributed by atoms with E-state index in [1.807, 2.05) is 21.1 Å². The van der Waals surface area contributed by atoms with Crippen molar-refractivity contribution in [2.75, 3.05) is 47.5 Å². The monoisotopic (exact) mass is 1260 g/mol. The van der Waals surface area contributed by atoms with E-state index in [4.69, 9.17) is 18.9 Å². The van der Waals surface area contributed by atoms with Gasteiger partial charge in [-0.05, 0) is 122 Å². The largest absolute Gasteiger partial charge is 0.545 e. The Kier molecular flexibility index (Phi) is 66.8. The number of unbranched alkanes of at least 4 members (excludes halogenated alkanes) is 25. The number of carboxylic acids is 1. The highest BCUT2D eigenvalue weighted by Gasteiger charge is 2.22. The first-order chi connectivity index (χ1) is 44.6. The molecule has 2 unspecified atom stereocenters. The Morgan fingerprint density at radius 1 is 0.330 bits per heavy atom. The summed E-state index contributed by atoms with van der Waals surface area (Å²) in [6.45, 7) is 4.52. The van der Waals surface area contributed by atoms with Crippen LogP contribution in [0.25, 0.3) is 0 Å². The minimum absolute atomic E-state index is 0.140. The molecular formula is C82H135NO8. The first kappa shape index (κ1) is 85.9. The number of esters is 2. The van der Waals surface area contributed by atoms with E-state index in [0.29, 0.717) is 17.4 Å². The topological polar surface area (TPSA) is 111 Å². The minimum Gasteiger partial charge on any atom is -0.545 e. The van der Waals surface area contributed by atoms with E-state index in [9.17, 15) is 19.5 Å². The fraction of sp³-hybridized carbons (Fsp3) is 0.646. The van der Waals surface area contributed by atoms with Crippen LogP contribution in [-0.4, -0.2) is 82.3 Å². The zero-order chi connectivity index (χ0) is 66.1. The SMILES string of the molecule is CC/C=C\C/C=C\C/C=C\C/C=C\C/C=C\C/C=C\C/C=C\CCCCCCCCCCCCCCCCCC(=O)OC(COC(=O)CCCCCCCCCCCC/C=C\C/C=C\C/C=C\C/C=C\C/C=C\C/C=C\CC)COC(OCC[N+](C)(C)C)C(=O)[O-]. The molecule has 0 saturated carbocycles. The lowest BCUT2D eigenvalue weighted by atomic mass is 10.0. The van der Waals surface area contributed by atoms with Crippen LogP contribution in [0.5, 0.6) is 0 Å². The lowest BCUT2D eigenvalue weighted by Gasteiger charge is -2.26. The minimum atomic E-state index is -1.63. The molecule has 516 valence electrons. The van der Waals surface area contributed by atoms with Crippen molar-refractivity contribution < 1.29 is 42.9 Å². The maximum absolute atomic E-state index is 13.0. The van der Waals surface area contributed by atoms with Crippen LogP contribution in [0.3, 0.4) is 0 Å². The molecule has 0 amide bonds. The van der Waals surface area contributed by atoms with Gasteiger partial charge < -0.3 is 33.3 Å². The molecule has 0 bridgehead atoms. The van der Waals surface area contributed by atoms with E-state index in [2.05, 4.69) is 172 Å². The Morgan fingerprint density at radius 3 is 0.879 bits per heavy atom. The van der Waals surface area contributed by atoms with Gasteiger partial charge in [0.05, 0.1) is 40.3 Å². The third-order valence-electron chi connectivity index (χ3n) is 15.3. The van der Waals surface area contributed by atoms with Gasteiger partial charge in [0.2, 0.25) is 0 Å². The second kappa shape index (κ2) is 70.8. The summed E-state index contributed by atoms with van der Waals surface area (Å²) in [6.07, 6.45) is 102. The number of carbonyl (C=O) groups excluding carboxylic acids is 3. The first-order valence-corrected chi connectivity index (χ1v) is 36.6. The maximum atomic E-state index is 13.0. The van der Waals surface area contributed by atoms with Crippen molar-refractivity contribution in [2.24, 2.45) is 0 Å². The third-order valence-corrected chi connectivity index (χ3v) is 15.3. The van der Waals surface area contributed by atoms with Gasteiger partial charge >= 0.3 is 11.9 Å². The number of nitrogens with zero attached hydrogens (tertiary/aromatic N) is 1. The summed E-state index contributed by atoms with van der Waals surface area (Å²) >= 11 is 0. The molecule has 0 aliphatic rings. The predicted molar refractivity (Wildman–Crippen MR) is 389 cm³/mol. The van der Waals surface area contributed by atoms with Gasteiger partial charge in [-0.2, -0.15) is 0 Å². The summed E-state index contributed by atoms with van der Waals surface area (Å²) in [5, 5.41) is 11.8. The molecule has 9 heteroatoms. The Balaban J connectivity index is 4.13. The standard InChI is InChI=1S/C82H135NO8/c1-6-8-10-12-14-16-18-20-22-24-26-28-30-32-34-36-37-38-39-40-41-42-43-45-47-49-51-53-55-57-59-61-63-65-67-69-71-73-80(85)91-78(77-90-82(81(86)87)88-75-74-83(3,4)5)76-89-79(84)72-70-68-66-64-62-60-58-56-54-52-50-48-46-44-35-33-31-29-27-25-23-21-19-17-15-13-11-9-7-2/h8-11,14-17,20-23,26-29,32-35,37-38,40-41,46,48,78,82H,6-7,12-13,18-19,24-25,30-31,36,39,42-45,47,49-77H2,1-5H3/b10-8-,11-9-,16-14-,17-15-,22-20-,23-21-,28-26-,29-27-,34-32-,35-33-,38-37-,41-40-,48-46-. The molecule has 0 fully saturated rings. The molecule has 2 atom stereocenters. The van der Waals surface area contributed by atoms with Gasteiger partial charge in [-0.1, -0.05) is 307 Å². The highest BCUT2D eigenvalue weighted by Crippen LogP contribution is 2.17. The van der Waals surface area contributed by atoms with Crippen molar-refractivity contribution in [2.45, 2.75) is 296 Å². The highest BCUT2D eigenvalue weighted by molar-refractivity contribution is 5.70. The molecule has 91 heavy (non-hydrogen) atoms. The number of quaternary nitrogens is 1. The number of rotatable bonds is 66. The molecule has 0 aromatic carbocycles. The smallest absolute Gasteiger partial charge is 0.306 e. The lowest BCUT2D eigenvalue weighted by Crippen LogP contribution is -2.44. The second-order valence-corrected chi connectivity index (χ2v) is 25.1. The Bertz CT molecular complexity index is 2060. The van der Waals surface area contributed by atoms with Crippen LogP contribution in [-0.2, 0) is 33.3 Å². The molecule has 0 rings (SSSR count). The average molecular weight is 1260 g/mol. The molecule has 0 heterocycles. The fourth-order valence-electron chi connectivity index (χ4n) is 9.76. The molecule has 9 nitrogen and oxygen atoms in total. The van der Waals surface area contributed by atoms with Crippen molar-refractivity contribution in [1.82, 2.24) is 0 Å². The summed E-state index contributed by atoms with van der Waals surface area (Å²) in [7, 11) is 5.93. The van der Waals surface area contributed by atoms with E-state index in [1.54, 1.807) is 0 Å². The first-order valence-electron chi connectivity index (χ1n) is 36.6. The van der Waals surface area contributed by atoms with Gasteiger partial charge in [0, 0.05) is 12.8 Å². The molecule has 0 aliphatic heterocycles. The van der Waals surface area contributed by atoms with Gasteiger partial charge in [0.15, 0.2) is 12.4 Å². The number of hydrogen-bond acceptors (Lipinski definition) is 8. The normalized spacial score (nSPS) is 13.6. The van der Waals surface area contributed by atoms with Crippen molar-refractivity contribution in [3.63, 3.8) is 0 Å². The number of ether oxygens (including phenoxy) is 4. The van der Waals surface area contributed by atoms with Crippen LogP contribution in [0.2, 0.25) is 0 Å². The van der Waals surface area contributed by atoms with Crippen LogP contribution < -0.4 is 5.11 Å². The molecule has 0 spiro atoms. The molecule has 0 aromatic heterocycles. The number of carboxylic acid groups (broad SMARTS) is 1. The number of aliphatic carboxylic acids is 1. The Labute approximate surface area is 559 Å².